The summed E-state index contributed by atoms with van der Waals surface area (Å²) in [6, 6.07) is 0. The van der Waals surface area contributed by atoms with Gasteiger partial charge in [-0.05, 0) is 5.92 Å². The van der Waals surface area contributed by atoms with Gasteiger partial charge in [0.1, 0.15) is 17.9 Å². The average molecular weight is 290 g/mol. The number of ether oxygens (including phenoxy) is 1. The number of fused-ring (bicyclic) bond motifs is 1. The van der Waals surface area contributed by atoms with Crippen molar-refractivity contribution < 1.29 is 4.74 Å². The molecule has 2 rings (SSSR count). The first-order valence-corrected chi connectivity index (χ1v) is 6.13. The van der Waals surface area contributed by atoms with Crippen LogP contribution in [-0.2, 0) is 24.9 Å². The Balaban J connectivity index is 0.00000200. The van der Waals surface area contributed by atoms with Gasteiger partial charge in [0.25, 0.3) is 5.56 Å². The van der Waals surface area contributed by atoms with Crippen molar-refractivity contribution in [1.82, 2.24) is 19.1 Å². The molecule has 0 atom stereocenters. The van der Waals surface area contributed by atoms with Gasteiger partial charge in [-0.1, -0.05) is 13.8 Å². The molecule has 0 saturated carbocycles. The van der Waals surface area contributed by atoms with E-state index in [0.29, 0.717) is 23.5 Å². The Kier molecular flexibility index (Phi) is 5.76. The monoisotopic (exact) mass is 290 g/mol. The molecular weight excluding hydrogens is 271 g/mol. The zero-order chi connectivity index (χ0) is 14.2. The van der Waals surface area contributed by atoms with Crippen molar-refractivity contribution in [1.29, 1.82) is 0 Å². The molecule has 0 aliphatic rings. The van der Waals surface area contributed by atoms with Crippen molar-refractivity contribution in [3.8, 4) is 0 Å². The Morgan fingerprint density at radius 1 is 1.35 bits per heavy atom. The number of imidazole rings is 1. The van der Waals surface area contributed by atoms with Gasteiger partial charge in [0.15, 0.2) is 5.65 Å². The van der Waals surface area contributed by atoms with Gasteiger partial charge in [-0.3, -0.25) is 13.9 Å². The van der Waals surface area contributed by atoms with E-state index in [2.05, 4.69) is 9.97 Å². The molecule has 2 aromatic heterocycles. The maximum absolute atomic E-state index is 12.1. The van der Waals surface area contributed by atoms with E-state index in [4.69, 9.17) is 4.74 Å². The van der Waals surface area contributed by atoms with E-state index >= 15 is 0 Å². The third-order valence-electron chi connectivity index (χ3n) is 2.85. The van der Waals surface area contributed by atoms with Gasteiger partial charge in [-0.25, -0.2) is 9.78 Å². The molecule has 0 aliphatic carbocycles. The van der Waals surface area contributed by atoms with Gasteiger partial charge >= 0.3 is 35.2 Å². The first-order valence-electron chi connectivity index (χ1n) is 6.13. The second-order valence-electron chi connectivity index (χ2n) is 4.97. The Hall–Kier alpha value is -0.890. The summed E-state index contributed by atoms with van der Waals surface area (Å²) in [6.07, 6.45) is 0. The molecule has 1 N–H and O–H groups in total. The number of hydrogen-bond acceptors (Lipinski definition) is 4. The molecule has 0 spiro atoms. The molecule has 0 aliphatic heterocycles. The summed E-state index contributed by atoms with van der Waals surface area (Å²) >= 11 is 0. The van der Waals surface area contributed by atoms with Crippen molar-refractivity contribution in [2.45, 2.75) is 27.0 Å². The summed E-state index contributed by atoms with van der Waals surface area (Å²) in [5.41, 5.74) is 0.0279. The molecule has 7 nitrogen and oxygen atoms in total. The number of aromatic amines is 1. The van der Waals surface area contributed by atoms with Gasteiger partial charge in [-0.2, -0.15) is 0 Å². The zero-order valence-electron chi connectivity index (χ0n) is 11.6. The maximum atomic E-state index is 12.1. The number of methoxy groups -OCH3 is 1. The Morgan fingerprint density at radius 2 is 2.00 bits per heavy atom. The molecule has 0 bridgehead atoms. The van der Waals surface area contributed by atoms with Crippen LogP contribution in [0, 0.1) is 5.92 Å². The van der Waals surface area contributed by atoms with Crippen molar-refractivity contribution >= 4 is 40.7 Å². The Morgan fingerprint density at radius 3 is 2.55 bits per heavy atom. The van der Waals surface area contributed by atoms with Crippen molar-refractivity contribution in [3.63, 3.8) is 0 Å². The van der Waals surface area contributed by atoms with E-state index in [9.17, 15) is 9.59 Å². The zero-order valence-corrected chi connectivity index (χ0v) is 11.6. The van der Waals surface area contributed by atoms with Crippen LogP contribution in [0.5, 0.6) is 0 Å². The summed E-state index contributed by atoms with van der Waals surface area (Å²) in [7, 11) is 3.02. The van der Waals surface area contributed by atoms with Crippen LogP contribution in [0.4, 0.5) is 0 Å². The van der Waals surface area contributed by atoms with E-state index < -0.39 is 0 Å². The first-order chi connectivity index (χ1) is 8.95. The molecule has 8 heteroatoms. The number of nitrogens with one attached hydrogen (secondary N) is 1. The molecule has 2 aromatic rings. The molecule has 2 heterocycles. The molecule has 0 fully saturated rings. The molecule has 20 heavy (non-hydrogen) atoms. The fraction of sp³-hybridized carbons (Fsp3) is 0.583. The number of rotatable bonds is 4. The fourth-order valence-electron chi connectivity index (χ4n) is 2.02. The second kappa shape index (κ2) is 6.71. The molecule has 0 amide bonds. The van der Waals surface area contributed by atoms with Crippen LogP contribution in [0.25, 0.3) is 11.2 Å². The van der Waals surface area contributed by atoms with Gasteiger partial charge < -0.3 is 9.72 Å². The van der Waals surface area contributed by atoms with Crippen LogP contribution in [0.15, 0.2) is 9.59 Å². The summed E-state index contributed by atoms with van der Waals surface area (Å²) in [6.45, 7) is 4.80. The number of nitrogens with zero attached hydrogens (tertiary/aromatic N) is 3. The van der Waals surface area contributed by atoms with Gasteiger partial charge in [0, 0.05) is 20.7 Å². The fourth-order valence-corrected chi connectivity index (χ4v) is 2.02. The molecule has 106 valence electrons. The van der Waals surface area contributed by atoms with Crippen molar-refractivity contribution in [3.05, 3.63) is 26.7 Å². The quantitative estimate of drug-likeness (QED) is 0.775. The SMILES string of the molecule is COCc1nc2c([nH]1)c(=O)n(C)c(=O)n2CC(C)C.[NaH]. The van der Waals surface area contributed by atoms with Crippen LogP contribution in [0.3, 0.4) is 0 Å². The second-order valence-corrected chi connectivity index (χ2v) is 4.97. The summed E-state index contributed by atoms with van der Waals surface area (Å²) in [4.78, 5) is 31.4. The minimum absolute atomic E-state index is 0. The van der Waals surface area contributed by atoms with Crippen molar-refractivity contribution in [2.75, 3.05) is 7.11 Å². The van der Waals surface area contributed by atoms with Gasteiger partial charge in [-0.15, -0.1) is 0 Å². The van der Waals surface area contributed by atoms with Crippen LogP contribution < -0.4 is 11.2 Å². The third kappa shape index (κ3) is 3.06. The van der Waals surface area contributed by atoms with E-state index in [1.54, 1.807) is 7.11 Å². The summed E-state index contributed by atoms with van der Waals surface area (Å²) < 4.78 is 7.61. The van der Waals surface area contributed by atoms with Crippen LogP contribution in [-0.4, -0.2) is 55.8 Å². The first kappa shape index (κ1) is 17.2. The third-order valence-corrected chi connectivity index (χ3v) is 2.85. The minimum atomic E-state index is -0.366. The standard InChI is InChI=1S/C12H18N4O3.Na.H/c1-7(2)5-16-10-9(11(17)15(3)12(16)18)13-8(14-10)6-19-4;;/h7H,5-6H2,1-4H3,(H,13,14);;. The van der Waals surface area contributed by atoms with E-state index in [1.165, 1.54) is 11.6 Å². The predicted molar refractivity (Wildman–Crippen MR) is 78.3 cm³/mol. The van der Waals surface area contributed by atoms with Gasteiger partial charge in [0.2, 0.25) is 0 Å². The van der Waals surface area contributed by atoms with E-state index in [0.717, 1.165) is 4.57 Å². The molecule has 0 aromatic carbocycles. The molecular formula is C12H19N4NaO3. The normalized spacial score (nSPS) is 11.1. The molecule has 0 unspecified atom stereocenters. The Bertz CT molecular complexity index is 714. The van der Waals surface area contributed by atoms with Gasteiger partial charge in [0.05, 0.1) is 0 Å². The summed E-state index contributed by atoms with van der Waals surface area (Å²) in [5, 5.41) is 0. The van der Waals surface area contributed by atoms with Crippen molar-refractivity contribution in [2.24, 2.45) is 13.0 Å². The number of H-pyrrole nitrogens is 1. The number of hydrogen-bond donors (Lipinski definition) is 1. The molecule has 0 radical (unpaired) electrons. The van der Waals surface area contributed by atoms with E-state index in [1.807, 2.05) is 13.8 Å². The average Bonchev–Trinajstić information content (AvgIpc) is 2.76. The molecule has 0 saturated heterocycles. The topological polar surface area (TPSA) is 81.9 Å². The van der Waals surface area contributed by atoms with Crippen LogP contribution in [0.1, 0.15) is 19.7 Å². The Labute approximate surface area is 138 Å². The predicted octanol–water partition coefficient (Wildman–Crippen LogP) is -0.423. The summed E-state index contributed by atoms with van der Waals surface area (Å²) in [5.74, 6) is 0.818. The van der Waals surface area contributed by atoms with Crippen LogP contribution >= 0.6 is 0 Å². The van der Waals surface area contributed by atoms with E-state index in [-0.39, 0.29) is 53.3 Å². The van der Waals surface area contributed by atoms with Crippen LogP contribution in [0.2, 0.25) is 0 Å². The number of aromatic nitrogens is 4.